The minimum atomic E-state index is -2.01. The van der Waals surface area contributed by atoms with Crippen molar-refractivity contribution >= 4 is 54.4 Å². The third-order valence-corrected chi connectivity index (χ3v) is 11.0. The number of carbonyl (C=O) groups is 1. The lowest BCUT2D eigenvalue weighted by molar-refractivity contribution is 0.0184. The normalized spacial score (nSPS) is 12.0. The molecule has 0 saturated heterocycles. The molecular weight excluding hydrogens is 618 g/mol. The Morgan fingerprint density at radius 2 is 1.86 bits per heavy atom. The van der Waals surface area contributed by atoms with E-state index >= 15 is 4.39 Å². The average Bonchev–Trinajstić information content (AvgIpc) is 2.81. The highest BCUT2D eigenvalue weighted by atomic mass is 127. The predicted octanol–water partition coefficient (Wildman–Crippen LogP) is 6.67. The van der Waals surface area contributed by atoms with E-state index in [9.17, 15) is 13.6 Å². The van der Waals surface area contributed by atoms with Gasteiger partial charge in [0.15, 0.2) is 20.0 Å². The Bertz CT molecular complexity index is 1160. The molecule has 0 aliphatic carbocycles. The fraction of sp³-hybridized carbons (Fsp3) is 0.360. The van der Waals surface area contributed by atoms with Gasteiger partial charge in [-0.1, -0.05) is 38.6 Å². The number of nitrogens with one attached hydrogen (secondary N) is 2. The van der Waals surface area contributed by atoms with Crippen LogP contribution in [-0.2, 0) is 14.1 Å². The van der Waals surface area contributed by atoms with Crippen LogP contribution in [0.2, 0.25) is 18.1 Å². The fourth-order valence-electron chi connectivity index (χ4n) is 2.68. The summed E-state index contributed by atoms with van der Waals surface area (Å²) in [4.78, 5) is 23.0. The van der Waals surface area contributed by atoms with Crippen LogP contribution < -0.4 is 10.8 Å². The van der Waals surface area contributed by atoms with E-state index in [-0.39, 0.29) is 41.7 Å². The van der Waals surface area contributed by atoms with Crippen LogP contribution in [0.25, 0.3) is 0 Å². The number of anilines is 2. The largest absolute Gasteiger partial charge is 0.414 e. The molecule has 2 rings (SSSR count). The van der Waals surface area contributed by atoms with Crippen LogP contribution >= 0.6 is 22.6 Å². The van der Waals surface area contributed by atoms with Crippen LogP contribution in [0.15, 0.2) is 42.1 Å². The SMILES string of the molecule is C=CCON=Cc1cc(C(=O)NOCCO[Si](C)(C)C(C)(C)C)c(Nc2ccc(I)cc2F)c(F)c1F. The van der Waals surface area contributed by atoms with Gasteiger partial charge in [-0.15, -0.1) is 0 Å². The molecule has 12 heteroatoms. The molecule has 2 aromatic rings. The maximum atomic E-state index is 15.1. The molecule has 7 nitrogen and oxygen atoms in total. The Hall–Kier alpha value is -2.42. The molecule has 0 aromatic heterocycles. The summed E-state index contributed by atoms with van der Waals surface area (Å²) in [6.07, 6.45) is 2.34. The molecule has 0 unspecified atom stereocenters. The summed E-state index contributed by atoms with van der Waals surface area (Å²) in [5.74, 6) is -4.31. The van der Waals surface area contributed by atoms with Crippen molar-refractivity contribution in [3.05, 3.63) is 69.1 Å². The summed E-state index contributed by atoms with van der Waals surface area (Å²) in [5, 5.41) is 6.02. The molecule has 0 saturated carbocycles. The first-order valence-electron chi connectivity index (χ1n) is 11.3. The van der Waals surface area contributed by atoms with Gasteiger partial charge < -0.3 is 14.6 Å². The van der Waals surface area contributed by atoms with E-state index in [0.717, 1.165) is 12.3 Å². The van der Waals surface area contributed by atoms with E-state index in [1.54, 1.807) is 6.07 Å². The van der Waals surface area contributed by atoms with Crippen molar-refractivity contribution in [2.45, 2.75) is 38.9 Å². The Kier molecular flexibility index (Phi) is 11.2. The first kappa shape index (κ1) is 30.8. The van der Waals surface area contributed by atoms with Gasteiger partial charge in [0.05, 0.1) is 36.4 Å². The van der Waals surface area contributed by atoms with Crippen LogP contribution in [0.3, 0.4) is 0 Å². The third-order valence-electron chi connectivity index (χ3n) is 5.75. The third kappa shape index (κ3) is 8.55. The van der Waals surface area contributed by atoms with Gasteiger partial charge in [0.1, 0.15) is 12.4 Å². The molecular formula is C25H31F3IN3O4Si. The van der Waals surface area contributed by atoms with Gasteiger partial charge in [-0.05, 0) is 65.0 Å². The molecule has 37 heavy (non-hydrogen) atoms. The maximum Gasteiger partial charge on any atom is 0.277 e. The van der Waals surface area contributed by atoms with Crippen LogP contribution in [0.5, 0.6) is 0 Å². The summed E-state index contributed by atoms with van der Waals surface area (Å²) in [7, 11) is -2.01. The topological polar surface area (TPSA) is 81.2 Å². The number of halogens is 4. The van der Waals surface area contributed by atoms with Gasteiger partial charge in [0.25, 0.3) is 5.91 Å². The zero-order valence-electron chi connectivity index (χ0n) is 21.4. The van der Waals surface area contributed by atoms with Crippen LogP contribution in [-0.4, -0.2) is 40.3 Å². The number of nitrogens with zero attached hydrogens (tertiary/aromatic N) is 1. The standard InChI is InChI=1S/C25H31F3IN3O4Si/c1-7-10-34-30-15-16-13-18(24(33)32-35-11-12-36-37(5,6)25(2,3)4)23(22(28)21(16)27)31-20-9-8-17(29)14-19(20)26/h7-9,13-15,31H,1,10-12H2,2-6H3,(H,32,33). The van der Waals surface area contributed by atoms with Crippen molar-refractivity contribution < 1.29 is 32.1 Å². The van der Waals surface area contributed by atoms with Crippen molar-refractivity contribution in [2.75, 3.05) is 25.1 Å². The van der Waals surface area contributed by atoms with Crippen LogP contribution in [0.4, 0.5) is 24.5 Å². The molecule has 2 N–H and O–H groups in total. The Balaban J connectivity index is 2.28. The number of carbonyl (C=O) groups excluding carboxylic acids is 1. The molecule has 0 aliphatic heterocycles. The average molecular weight is 650 g/mol. The molecule has 0 atom stereocenters. The van der Waals surface area contributed by atoms with E-state index in [2.05, 4.69) is 56.4 Å². The van der Waals surface area contributed by atoms with Gasteiger partial charge in [0, 0.05) is 9.13 Å². The molecule has 0 aliphatic rings. The molecule has 0 bridgehead atoms. The van der Waals surface area contributed by atoms with Gasteiger partial charge >= 0.3 is 0 Å². The summed E-state index contributed by atoms with van der Waals surface area (Å²) in [6, 6.07) is 5.18. The molecule has 0 heterocycles. The highest BCUT2D eigenvalue weighted by Crippen LogP contribution is 2.36. The first-order chi connectivity index (χ1) is 17.3. The van der Waals surface area contributed by atoms with Crippen LogP contribution in [0, 0.1) is 21.0 Å². The molecule has 0 fully saturated rings. The zero-order valence-corrected chi connectivity index (χ0v) is 24.5. The van der Waals surface area contributed by atoms with Gasteiger partial charge in [-0.3, -0.25) is 9.63 Å². The second-order valence-electron chi connectivity index (χ2n) is 9.47. The number of hydroxylamine groups is 1. The summed E-state index contributed by atoms with van der Waals surface area (Å²) >= 11 is 1.91. The quantitative estimate of drug-likeness (QED) is 0.0671. The van der Waals surface area contributed by atoms with Gasteiger partial charge in [0.2, 0.25) is 0 Å². The van der Waals surface area contributed by atoms with Crippen molar-refractivity contribution in [1.29, 1.82) is 0 Å². The number of rotatable bonds is 12. The van der Waals surface area contributed by atoms with E-state index in [1.165, 1.54) is 18.2 Å². The minimum absolute atomic E-state index is 0.000573. The van der Waals surface area contributed by atoms with E-state index in [4.69, 9.17) is 14.1 Å². The molecule has 202 valence electrons. The minimum Gasteiger partial charge on any atom is -0.414 e. The predicted molar refractivity (Wildman–Crippen MR) is 149 cm³/mol. The Morgan fingerprint density at radius 1 is 1.16 bits per heavy atom. The zero-order chi connectivity index (χ0) is 27.8. The monoisotopic (exact) mass is 649 g/mol. The van der Waals surface area contributed by atoms with E-state index < -0.39 is 37.4 Å². The van der Waals surface area contributed by atoms with Crippen molar-refractivity contribution in [3.8, 4) is 0 Å². The van der Waals surface area contributed by atoms with Gasteiger partial charge in [-0.25, -0.2) is 18.7 Å². The molecule has 1 amide bonds. The van der Waals surface area contributed by atoms with Crippen molar-refractivity contribution in [1.82, 2.24) is 5.48 Å². The van der Waals surface area contributed by atoms with Crippen molar-refractivity contribution in [3.63, 3.8) is 0 Å². The Labute approximate surface area is 229 Å². The summed E-state index contributed by atoms with van der Waals surface area (Å²) in [5.41, 5.74) is 0.792. The molecule has 0 radical (unpaired) electrons. The molecule has 0 spiro atoms. The smallest absolute Gasteiger partial charge is 0.277 e. The number of hydrogen-bond donors (Lipinski definition) is 2. The van der Waals surface area contributed by atoms with E-state index in [1.807, 2.05) is 22.6 Å². The first-order valence-corrected chi connectivity index (χ1v) is 15.3. The fourth-order valence-corrected chi connectivity index (χ4v) is 4.16. The second-order valence-corrected chi connectivity index (χ2v) is 15.5. The van der Waals surface area contributed by atoms with E-state index in [0.29, 0.717) is 3.57 Å². The second kappa shape index (κ2) is 13.4. The lowest BCUT2D eigenvalue weighted by atomic mass is 10.1. The number of hydrogen-bond acceptors (Lipinski definition) is 6. The van der Waals surface area contributed by atoms with Gasteiger partial charge in [-0.2, -0.15) is 0 Å². The molecule has 2 aromatic carbocycles. The lowest BCUT2D eigenvalue weighted by Crippen LogP contribution is -2.41. The highest BCUT2D eigenvalue weighted by Gasteiger charge is 2.36. The highest BCUT2D eigenvalue weighted by molar-refractivity contribution is 14.1. The number of oxime groups is 1. The van der Waals surface area contributed by atoms with Crippen LogP contribution in [0.1, 0.15) is 36.7 Å². The number of benzene rings is 2. The summed E-state index contributed by atoms with van der Waals surface area (Å²) in [6.45, 7) is 14.2. The lowest BCUT2D eigenvalue weighted by Gasteiger charge is -2.36. The van der Waals surface area contributed by atoms with Crippen molar-refractivity contribution in [2.24, 2.45) is 5.16 Å². The Morgan fingerprint density at radius 3 is 2.49 bits per heavy atom. The summed E-state index contributed by atoms with van der Waals surface area (Å²) < 4.78 is 50.9. The maximum absolute atomic E-state index is 15.1. The number of amides is 1.